The first-order chi connectivity index (χ1) is 23.6. The lowest BCUT2D eigenvalue weighted by Gasteiger charge is -2.27. The molecule has 7 aromatic carbocycles. The number of aromatic nitrogens is 2. The van der Waals surface area contributed by atoms with E-state index in [0.29, 0.717) is 0 Å². The Hall–Kier alpha value is -5.60. The maximum atomic E-state index is 5.39. The summed E-state index contributed by atoms with van der Waals surface area (Å²) in [4.78, 5) is 10.7. The van der Waals surface area contributed by atoms with E-state index < -0.39 is 0 Å². The quantitative estimate of drug-likeness (QED) is 0.181. The van der Waals surface area contributed by atoms with Gasteiger partial charge in [0.2, 0.25) is 0 Å². The smallest absolute Gasteiger partial charge is 0.137 e. The second kappa shape index (κ2) is 10.2. The van der Waals surface area contributed by atoms with Crippen LogP contribution in [0.1, 0.15) is 54.3 Å². The zero-order valence-corrected chi connectivity index (χ0v) is 27.2. The predicted octanol–water partition coefficient (Wildman–Crippen LogP) is 11.7. The molecule has 0 aliphatic heterocycles. The Balaban J connectivity index is 1.20. The van der Waals surface area contributed by atoms with E-state index in [4.69, 9.17) is 9.97 Å². The molecule has 48 heavy (non-hydrogen) atoms. The average molecular weight is 615 g/mol. The van der Waals surface area contributed by atoms with Crippen LogP contribution >= 0.6 is 0 Å². The Morgan fingerprint density at radius 2 is 1.15 bits per heavy atom. The first-order valence-electron chi connectivity index (χ1n) is 17.1. The summed E-state index contributed by atoms with van der Waals surface area (Å²) in [6.45, 7) is 4.90. The summed E-state index contributed by atoms with van der Waals surface area (Å²) in [5.41, 5.74) is 14.2. The highest BCUT2D eigenvalue weighted by atomic mass is 14.9. The molecular formula is C46H34N2. The van der Waals surface area contributed by atoms with Crippen LogP contribution in [0.3, 0.4) is 0 Å². The fourth-order valence-electron chi connectivity index (χ4n) is 9.10. The summed E-state index contributed by atoms with van der Waals surface area (Å²) in [5.74, 6) is 0.980. The first-order valence-corrected chi connectivity index (χ1v) is 17.1. The van der Waals surface area contributed by atoms with Crippen LogP contribution in [0, 0.1) is 0 Å². The maximum absolute atomic E-state index is 5.39. The lowest BCUT2D eigenvalue weighted by atomic mass is 9.76. The molecule has 2 nitrogen and oxygen atoms in total. The van der Waals surface area contributed by atoms with Gasteiger partial charge in [0.1, 0.15) is 5.82 Å². The van der Waals surface area contributed by atoms with Crippen LogP contribution in [0.25, 0.3) is 66.0 Å². The largest absolute Gasteiger partial charge is 0.232 e. The fourth-order valence-corrected chi connectivity index (χ4v) is 9.10. The third kappa shape index (κ3) is 3.80. The normalized spacial score (nSPS) is 15.9. The molecule has 0 radical (unpaired) electrons. The zero-order valence-electron chi connectivity index (χ0n) is 27.2. The van der Waals surface area contributed by atoms with Crippen molar-refractivity contribution in [3.05, 3.63) is 168 Å². The van der Waals surface area contributed by atoms with Crippen molar-refractivity contribution in [3.63, 3.8) is 0 Å². The van der Waals surface area contributed by atoms with E-state index in [0.717, 1.165) is 40.8 Å². The highest BCUT2D eigenvalue weighted by molar-refractivity contribution is 6.18. The second-order valence-corrected chi connectivity index (χ2v) is 14.0. The topological polar surface area (TPSA) is 25.8 Å². The van der Waals surface area contributed by atoms with Gasteiger partial charge in [0.25, 0.3) is 0 Å². The molecule has 1 heterocycles. The summed E-state index contributed by atoms with van der Waals surface area (Å²) in [6.07, 6.45) is 1.91. The second-order valence-electron chi connectivity index (χ2n) is 14.0. The van der Waals surface area contributed by atoms with Crippen molar-refractivity contribution in [3.8, 4) is 33.5 Å². The number of para-hydroxylation sites is 1. The van der Waals surface area contributed by atoms with Gasteiger partial charge in [0.05, 0.1) is 11.2 Å². The molecule has 0 saturated heterocycles. The molecule has 8 aromatic rings. The summed E-state index contributed by atoms with van der Waals surface area (Å²) >= 11 is 0. The van der Waals surface area contributed by atoms with Gasteiger partial charge in [-0.15, -0.1) is 0 Å². The fraction of sp³-hybridized carbons (Fsp3) is 0.130. The average Bonchev–Trinajstić information content (AvgIpc) is 3.27. The lowest BCUT2D eigenvalue weighted by molar-refractivity contribution is 0.640. The Labute approximate surface area is 280 Å². The minimum atomic E-state index is -0.158. The Morgan fingerprint density at radius 3 is 1.96 bits per heavy atom. The van der Waals surface area contributed by atoms with Crippen molar-refractivity contribution in [1.82, 2.24) is 9.97 Å². The molecule has 10 rings (SSSR count). The van der Waals surface area contributed by atoms with Crippen LogP contribution in [0.5, 0.6) is 0 Å². The standard InChI is InChI=1S/C46H34N2/c1-46(2)42-36-25-26-37(45-47-40-23-13-12-22-38(40)44(48-45)28-14-4-3-5-15-28)32-19-7-6-16-29(32)33(36)24-27-39(42)41-34-20-10-8-17-30(34)31-18-9-11-21-35(31)43(41)46/h3-24,27,37H,25-26H2,1-2H3. The zero-order chi connectivity index (χ0) is 32.0. The number of fused-ring (bicyclic) bond motifs is 13. The van der Waals surface area contributed by atoms with E-state index in [2.05, 4.69) is 153 Å². The van der Waals surface area contributed by atoms with E-state index >= 15 is 0 Å². The molecule has 0 bridgehead atoms. The molecule has 2 heteroatoms. The monoisotopic (exact) mass is 614 g/mol. The molecule has 0 N–H and O–H groups in total. The van der Waals surface area contributed by atoms with Crippen LogP contribution in [-0.2, 0) is 11.8 Å². The molecule has 0 amide bonds. The third-order valence-electron chi connectivity index (χ3n) is 11.1. The van der Waals surface area contributed by atoms with E-state index in [1.165, 1.54) is 66.1 Å². The number of rotatable bonds is 2. The Kier molecular flexibility index (Phi) is 5.84. The molecule has 228 valence electrons. The number of hydrogen-bond acceptors (Lipinski definition) is 2. The van der Waals surface area contributed by atoms with E-state index in [1.807, 2.05) is 0 Å². The minimum Gasteiger partial charge on any atom is -0.232 e. The van der Waals surface area contributed by atoms with Crippen LogP contribution in [0.15, 0.2) is 140 Å². The first kappa shape index (κ1) is 27.5. The minimum absolute atomic E-state index is 0.0740. The summed E-state index contributed by atoms with van der Waals surface area (Å²) in [5, 5.41) is 6.48. The molecular weight excluding hydrogens is 581 g/mol. The van der Waals surface area contributed by atoms with E-state index in [-0.39, 0.29) is 11.3 Å². The summed E-state index contributed by atoms with van der Waals surface area (Å²) < 4.78 is 0. The molecule has 0 spiro atoms. The molecule has 1 atom stereocenters. The molecule has 1 unspecified atom stereocenters. The van der Waals surface area contributed by atoms with E-state index in [9.17, 15) is 0 Å². The van der Waals surface area contributed by atoms with Gasteiger partial charge >= 0.3 is 0 Å². The third-order valence-corrected chi connectivity index (χ3v) is 11.1. The van der Waals surface area contributed by atoms with Crippen molar-refractivity contribution in [2.75, 3.05) is 0 Å². The molecule has 2 aliphatic rings. The van der Waals surface area contributed by atoms with Crippen LogP contribution in [0.4, 0.5) is 0 Å². The Bertz CT molecular complexity index is 2600. The van der Waals surface area contributed by atoms with Gasteiger partial charge < -0.3 is 0 Å². The van der Waals surface area contributed by atoms with Gasteiger partial charge in [-0.25, -0.2) is 9.97 Å². The van der Waals surface area contributed by atoms with Gasteiger partial charge in [-0.2, -0.15) is 0 Å². The van der Waals surface area contributed by atoms with Gasteiger partial charge in [-0.3, -0.25) is 0 Å². The van der Waals surface area contributed by atoms with Crippen molar-refractivity contribution in [2.24, 2.45) is 0 Å². The van der Waals surface area contributed by atoms with Crippen LogP contribution in [-0.4, -0.2) is 9.97 Å². The SMILES string of the molecule is CC1(C)c2c(ccc3c2CCC(c2nc(-c4ccccc4)c4ccccc4n2)c2ccccc2-3)-c2c1c1ccccc1c1ccccc21. The van der Waals surface area contributed by atoms with E-state index in [1.54, 1.807) is 0 Å². The van der Waals surface area contributed by atoms with Crippen molar-refractivity contribution in [1.29, 1.82) is 0 Å². The van der Waals surface area contributed by atoms with Gasteiger partial charge in [0.15, 0.2) is 0 Å². The van der Waals surface area contributed by atoms with Crippen molar-refractivity contribution >= 4 is 32.4 Å². The van der Waals surface area contributed by atoms with Gasteiger partial charge in [-0.1, -0.05) is 147 Å². The number of hydrogen-bond donors (Lipinski definition) is 0. The lowest BCUT2D eigenvalue weighted by Crippen LogP contribution is -2.18. The molecule has 0 saturated carbocycles. The molecule has 1 aromatic heterocycles. The predicted molar refractivity (Wildman–Crippen MR) is 200 cm³/mol. The molecule has 2 aliphatic carbocycles. The van der Waals surface area contributed by atoms with Crippen molar-refractivity contribution in [2.45, 2.75) is 38.0 Å². The Morgan fingerprint density at radius 1 is 0.521 bits per heavy atom. The van der Waals surface area contributed by atoms with Crippen LogP contribution in [0.2, 0.25) is 0 Å². The number of benzene rings is 7. The van der Waals surface area contributed by atoms with Gasteiger partial charge in [-0.05, 0) is 85.0 Å². The number of nitrogens with zero attached hydrogens (tertiary/aromatic N) is 2. The summed E-state index contributed by atoms with van der Waals surface area (Å²) in [6, 6.07) is 50.8. The van der Waals surface area contributed by atoms with Crippen LogP contribution < -0.4 is 0 Å². The van der Waals surface area contributed by atoms with Gasteiger partial charge in [0, 0.05) is 22.3 Å². The van der Waals surface area contributed by atoms with Crippen molar-refractivity contribution < 1.29 is 0 Å². The summed E-state index contributed by atoms with van der Waals surface area (Å²) in [7, 11) is 0. The maximum Gasteiger partial charge on any atom is 0.137 e. The molecule has 0 fully saturated rings. The highest BCUT2D eigenvalue weighted by Gasteiger charge is 2.42. The highest BCUT2D eigenvalue weighted by Crippen LogP contribution is 2.57.